The highest BCUT2D eigenvalue weighted by Gasteiger charge is 2.18. The van der Waals surface area contributed by atoms with Crippen molar-refractivity contribution in [1.29, 1.82) is 0 Å². The molecule has 4 rings (SSSR count). The second-order valence-electron chi connectivity index (χ2n) is 6.44. The number of nitrogens with one attached hydrogen (secondary N) is 1. The molecule has 5 nitrogen and oxygen atoms in total. The number of rotatable bonds is 3. The summed E-state index contributed by atoms with van der Waals surface area (Å²) in [6.45, 7) is 8.39. The van der Waals surface area contributed by atoms with Crippen LogP contribution in [0.3, 0.4) is 0 Å². The van der Waals surface area contributed by atoms with Crippen LogP contribution < -0.4 is 10.9 Å². The van der Waals surface area contributed by atoms with Crippen LogP contribution in [0.1, 0.15) is 16.7 Å². The van der Waals surface area contributed by atoms with Gasteiger partial charge in [0.1, 0.15) is 0 Å². The molecule has 0 fully saturated rings. The van der Waals surface area contributed by atoms with Crippen molar-refractivity contribution in [1.82, 2.24) is 19.8 Å². The summed E-state index contributed by atoms with van der Waals surface area (Å²) in [6, 6.07) is 12.3. The van der Waals surface area contributed by atoms with Crippen LogP contribution in [0, 0.1) is 20.8 Å². The van der Waals surface area contributed by atoms with Gasteiger partial charge < -0.3 is 0 Å². The zero-order chi connectivity index (χ0) is 18.4. The largest absolute Gasteiger partial charge is 0.281 e. The van der Waals surface area contributed by atoms with E-state index in [1.165, 1.54) is 16.4 Å². The number of benzene rings is 2. The molecule has 0 aliphatic rings. The van der Waals surface area contributed by atoms with Gasteiger partial charge >= 0.3 is 0 Å². The third-order valence-corrected chi connectivity index (χ3v) is 8.31. The van der Waals surface area contributed by atoms with Crippen molar-refractivity contribution < 1.29 is 0 Å². The van der Waals surface area contributed by atoms with E-state index in [0.29, 0.717) is 11.0 Å². The van der Waals surface area contributed by atoms with E-state index in [2.05, 4.69) is 54.0 Å². The van der Waals surface area contributed by atoms with Crippen LogP contribution in [0.2, 0.25) is 0 Å². The maximum Gasteiger partial charge on any atom is 0.281 e. The summed E-state index contributed by atoms with van der Waals surface area (Å²) in [4.78, 5) is 16.9. The van der Waals surface area contributed by atoms with Crippen molar-refractivity contribution in [3.8, 4) is 0 Å². The van der Waals surface area contributed by atoms with Crippen molar-refractivity contribution in [2.75, 3.05) is 6.66 Å². The smallest absolute Gasteiger partial charge is 0.267 e. The Morgan fingerprint density at radius 1 is 1.12 bits per heavy atom. The molecule has 0 saturated carbocycles. The number of H-pyrrole nitrogens is 1. The van der Waals surface area contributed by atoms with Crippen LogP contribution in [0.5, 0.6) is 0 Å². The highest BCUT2D eigenvalue weighted by atomic mass is 32.7. The van der Waals surface area contributed by atoms with Crippen LogP contribution in [0.25, 0.3) is 16.6 Å². The Bertz CT molecular complexity index is 1200. The first-order valence-electron chi connectivity index (χ1n) is 8.31. The van der Waals surface area contributed by atoms with Crippen molar-refractivity contribution in [3.63, 3.8) is 0 Å². The lowest BCUT2D eigenvalue weighted by atomic mass is 10.1. The summed E-state index contributed by atoms with van der Waals surface area (Å²) in [7, 11) is -0.513. The Hall–Kier alpha value is -2.17. The van der Waals surface area contributed by atoms with E-state index < -0.39 is 7.12 Å². The third kappa shape index (κ3) is 2.83. The van der Waals surface area contributed by atoms with Gasteiger partial charge in [-0.2, -0.15) is 4.98 Å². The SMILES string of the molecule is Cc1ccc(P(C)Sc2n[nH]n3c2nc(=O)c2c(C)cccc23)c(C)c1. The number of aryl methyl sites for hydroxylation is 3. The molecule has 0 radical (unpaired) electrons. The Labute approximate surface area is 156 Å². The summed E-state index contributed by atoms with van der Waals surface area (Å²) < 4.78 is 1.80. The lowest BCUT2D eigenvalue weighted by Crippen LogP contribution is -2.11. The molecule has 4 aromatic rings. The minimum Gasteiger partial charge on any atom is -0.267 e. The van der Waals surface area contributed by atoms with Gasteiger partial charge in [0, 0.05) is 0 Å². The standard InChI is InChI=1S/C19H19N4OPS/c1-11-8-9-15(13(3)10-11)25(4)26-19-17-20-18(24)16-12(2)6-5-7-14(16)23(17)22-21-19/h5-10,22H,1-4H3. The van der Waals surface area contributed by atoms with Crippen molar-refractivity contribution in [2.24, 2.45) is 0 Å². The van der Waals surface area contributed by atoms with Crippen molar-refractivity contribution in [2.45, 2.75) is 25.8 Å². The molecule has 2 aromatic heterocycles. The monoisotopic (exact) mass is 382 g/mol. The van der Waals surface area contributed by atoms with E-state index in [9.17, 15) is 4.79 Å². The maximum absolute atomic E-state index is 12.5. The molecule has 2 heterocycles. The van der Waals surface area contributed by atoms with Crippen LogP contribution in [-0.4, -0.2) is 26.5 Å². The molecule has 26 heavy (non-hydrogen) atoms. The Balaban J connectivity index is 1.81. The van der Waals surface area contributed by atoms with E-state index in [1.807, 2.05) is 25.1 Å². The predicted molar refractivity (Wildman–Crippen MR) is 110 cm³/mol. The van der Waals surface area contributed by atoms with Gasteiger partial charge in [0.15, 0.2) is 10.7 Å². The van der Waals surface area contributed by atoms with Crippen LogP contribution in [0.4, 0.5) is 0 Å². The Morgan fingerprint density at radius 3 is 2.69 bits per heavy atom. The molecule has 132 valence electrons. The first kappa shape index (κ1) is 17.3. The summed E-state index contributed by atoms with van der Waals surface area (Å²) in [5.74, 6) is 0. The lowest BCUT2D eigenvalue weighted by Gasteiger charge is -2.13. The zero-order valence-electron chi connectivity index (χ0n) is 15.1. The molecule has 1 atom stereocenters. The third-order valence-electron chi connectivity index (χ3n) is 4.48. The molecule has 2 aromatic carbocycles. The first-order valence-corrected chi connectivity index (χ1v) is 11.5. The van der Waals surface area contributed by atoms with Gasteiger partial charge in [-0.1, -0.05) is 47.3 Å². The molecule has 0 aliphatic heterocycles. The van der Waals surface area contributed by atoms with Crippen LogP contribution >= 0.6 is 18.5 Å². The molecule has 1 unspecified atom stereocenters. The van der Waals surface area contributed by atoms with Gasteiger partial charge in [0.2, 0.25) is 0 Å². The molecule has 0 saturated heterocycles. The second-order valence-corrected chi connectivity index (χ2v) is 10.7. The number of fused-ring (bicyclic) bond motifs is 3. The molecular weight excluding hydrogens is 363 g/mol. The average molecular weight is 382 g/mol. The fraction of sp³-hybridized carbons (Fsp3) is 0.211. The fourth-order valence-electron chi connectivity index (χ4n) is 3.22. The number of aromatic nitrogens is 4. The first-order chi connectivity index (χ1) is 12.5. The number of hydrogen-bond acceptors (Lipinski definition) is 4. The highest BCUT2D eigenvalue weighted by Crippen LogP contribution is 2.50. The Morgan fingerprint density at radius 2 is 1.92 bits per heavy atom. The average Bonchev–Trinajstić information content (AvgIpc) is 2.97. The topological polar surface area (TPSA) is 63.1 Å². The lowest BCUT2D eigenvalue weighted by molar-refractivity contribution is 0.857. The van der Waals surface area contributed by atoms with E-state index in [1.54, 1.807) is 15.9 Å². The van der Waals surface area contributed by atoms with E-state index >= 15 is 0 Å². The quantitative estimate of drug-likeness (QED) is 0.545. The van der Waals surface area contributed by atoms with E-state index in [0.717, 1.165) is 16.1 Å². The Kier molecular flexibility index (Phi) is 4.33. The van der Waals surface area contributed by atoms with Gasteiger partial charge in [-0.3, -0.25) is 4.79 Å². The van der Waals surface area contributed by atoms with Gasteiger partial charge in [-0.15, -0.1) is 5.10 Å². The highest BCUT2D eigenvalue weighted by molar-refractivity contribution is 8.57. The van der Waals surface area contributed by atoms with Gasteiger partial charge in [-0.25, -0.2) is 9.73 Å². The minimum absolute atomic E-state index is 0.201. The predicted octanol–water partition coefficient (Wildman–Crippen LogP) is 3.94. The maximum atomic E-state index is 12.5. The van der Waals surface area contributed by atoms with Crippen LogP contribution in [0.15, 0.2) is 46.2 Å². The minimum atomic E-state index is -0.513. The summed E-state index contributed by atoms with van der Waals surface area (Å²) in [5, 5.41) is 10.2. The van der Waals surface area contributed by atoms with Gasteiger partial charge in [-0.05, 0) is 57.1 Å². The summed E-state index contributed by atoms with van der Waals surface area (Å²) >= 11 is 1.67. The second kappa shape index (κ2) is 6.53. The number of aromatic amines is 1. The normalized spacial score (nSPS) is 12.8. The van der Waals surface area contributed by atoms with Crippen LogP contribution in [-0.2, 0) is 0 Å². The van der Waals surface area contributed by atoms with Gasteiger partial charge in [0.25, 0.3) is 5.56 Å². The molecule has 7 heteroatoms. The summed E-state index contributed by atoms with van der Waals surface area (Å²) in [6.07, 6.45) is 0. The molecular formula is C19H19N4OPS. The van der Waals surface area contributed by atoms with E-state index in [-0.39, 0.29) is 5.56 Å². The number of hydrogen-bond donors (Lipinski definition) is 1. The molecule has 1 N–H and O–H groups in total. The van der Waals surface area contributed by atoms with Gasteiger partial charge in [0.05, 0.1) is 10.9 Å². The molecule has 0 amide bonds. The zero-order valence-corrected chi connectivity index (χ0v) is 16.8. The van der Waals surface area contributed by atoms with Crippen molar-refractivity contribution in [3.05, 3.63) is 63.4 Å². The molecule has 0 aliphatic carbocycles. The summed E-state index contributed by atoms with van der Waals surface area (Å²) in [5.41, 5.74) is 4.68. The number of nitrogens with zero attached hydrogens (tertiary/aromatic N) is 3. The van der Waals surface area contributed by atoms with Crippen molar-refractivity contribution >= 4 is 40.4 Å². The molecule has 0 spiro atoms. The fourth-order valence-corrected chi connectivity index (χ4v) is 6.78. The molecule has 0 bridgehead atoms. The van der Waals surface area contributed by atoms with E-state index in [4.69, 9.17) is 0 Å².